The Hall–Kier alpha value is -1.65. The Morgan fingerprint density at radius 3 is 2.65 bits per heavy atom. The summed E-state index contributed by atoms with van der Waals surface area (Å²) in [5.41, 5.74) is 5.76. The quantitative estimate of drug-likeness (QED) is 0.860. The Labute approximate surface area is 141 Å². The van der Waals surface area contributed by atoms with Crippen LogP contribution in [0.15, 0.2) is 46.0 Å². The minimum absolute atomic E-state index is 0.00366. The van der Waals surface area contributed by atoms with Gasteiger partial charge in [0.25, 0.3) is 11.7 Å². The van der Waals surface area contributed by atoms with Gasteiger partial charge in [0.1, 0.15) is 0 Å². The number of amidine groups is 2. The summed E-state index contributed by atoms with van der Waals surface area (Å²) in [5.74, 6) is 2.14. The topological polar surface area (TPSA) is 41.2 Å². The normalized spacial score (nSPS) is 29.2. The van der Waals surface area contributed by atoms with Crippen molar-refractivity contribution in [3.63, 3.8) is 0 Å². The predicted molar refractivity (Wildman–Crippen MR) is 93.8 cm³/mol. The van der Waals surface area contributed by atoms with Crippen LogP contribution in [0.3, 0.4) is 0 Å². The molecule has 5 heteroatoms. The van der Waals surface area contributed by atoms with Crippen LogP contribution in [0.2, 0.25) is 5.02 Å². The molecule has 0 amide bonds. The lowest BCUT2D eigenvalue weighted by Crippen LogP contribution is -3.19. The van der Waals surface area contributed by atoms with Crippen LogP contribution in [0.5, 0.6) is 0 Å². The molecule has 0 radical (unpaired) electrons. The van der Waals surface area contributed by atoms with Crippen molar-refractivity contribution in [1.82, 2.24) is 5.43 Å². The number of hydrogen-bond acceptors (Lipinski definition) is 3. The van der Waals surface area contributed by atoms with E-state index in [1.807, 2.05) is 12.1 Å². The lowest BCUT2D eigenvalue weighted by atomic mass is 9.96. The van der Waals surface area contributed by atoms with Crippen molar-refractivity contribution in [3.05, 3.63) is 46.6 Å². The Morgan fingerprint density at radius 2 is 1.91 bits per heavy atom. The molecule has 0 spiro atoms. The smallest absolute Gasteiger partial charge is 0.231 e. The van der Waals surface area contributed by atoms with Gasteiger partial charge >= 0.3 is 0 Å². The van der Waals surface area contributed by atoms with E-state index >= 15 is 0 Å². The number of benzene rings is 1. The molecule has 4 rings (SSSR count). The van der Waals surface area contributed by atoms with E-state index in [2.05, 4.69) is 30.6 Å². The van der Waals surface area contributed by atoms with Gasteiger partial charge in [-0.1, -0.05) is 43.0 Å². The van der Waals surface area contributed by atoms with Crippen molar-refractivity contribution < 1.29 is 5.01 Å². The van der Waals surface area contributed by atoms with Crippen LogP contribution in [-0.4, -0.2) is 17.7 Å². The highest BCUT2D eigenvalue weighted by Crippen LogP contribution is 2.26. The number of aliphatic imine (C=N–C) groups is 2. The second-order valence-corrected chi connectivity index (χ2v) is 7.04. The van der Waals surface area contributed by atoms with E-state index in [4.69, 9.17) is 21.6 Å². The molecule has 2 heterocycles. The molecular weight excluding hydrogens is 308 g/mol. The number of nitrogens with zero attached hydrogens (tertiary/aromatic N) is 2. The first-order valence-electron chi connectivity index (χ1n) is 8.45. The second-order valence-electron chi connectivity index (χ2n) is 6.60. The minimum Gasteiger partial charge on any atom is -0.231 e. The average Bonchev–Trinajstić information content (AvgIpc) is 3.07. The first-order chi connectivity index (χ1) is 11.2. The maximum Gasteiger partial charge on any atom is 0.258 e. The van der Waals surface area contributed by atoms with Crippen molar-refractivity contribution in [2.75, 3.05) is 0 Å². The van der Waals surface area contributed by atoms with Crippen molar-refractivity contribution >= 4 is 23.3 Å². The molecule has 120 valence electrons. The molecule has 1 fully saturated rings. The van der Waals surface area contributed by atoms with Gasteiger partial charge in [0.2, 0.25) is 0 Å². The van der Waals surface area contributed by atoms with Crippen LogP contribution in [0.25, 0.3) is 0 Å². The lowest BCUT2D eigenvalue weighted by molar-refractivity contribution is -0.744. The molecule has 2 unspecified atom stereocenters. The summed E-state index contributed by atoms with van der Waals surface area (Å²) in [7, 11) is 0. The summed E-state index contributed by atoms with van der Waals surface area (Å²) >= 11 is 6.03. The summed E-state index contributed by atoms with van der Waals surface area (Å²) in [6, 6.07) is 8.43. The van der Waals surface area contributed by atoms with Gasteiger partial charge in [-0.3, -0.25) is 0 Å². The van der Waals surface area contributed by atoms with E-state index in [-0.39, 0.29) is 6.04 Å². The summed E-state index contributed by atoms with van der Waals surface area (Å²) in [6.07, 6.45) is 8.44. The van der Waals surface area contributed by atoms with Gasteiger partial charge in [0, 0.05) is 11.1 Å². The largest absolute Gasteiger partial charge is 0.258 e. The number of halogens is 1. The van der Waals surface area contributed by atoms with E-state index in [0.29, 0.717) is 6.04 Å². The Balaban J connectivity index is 1.69. The number of allylic oxidation sites excluding steroid dienone is 1. The number of nitrogens with one attached hydrogen (secondary N) is 2. The van der Waals surface area contributed by atoms with Gasteiger partial charge in [0.05, 0.1) is 11.7 Å². The van der Waals surface area contributed by atoms with Gasteiger partial charge in [-0.05, 0) is 37.5 Å². The SMILES string of the molecule is CC1=CC2=NC(c3ccc(Cl)cc3)C(=NC3CCCCC3)[NH+]2N1. The third-order valence-corrected chi connectivity index (χ3v) is 5.05. The Kier molecular flexibility index (Phi) is 3.95. The van der Waals surface area contributed by atoms with E-state index in [0.717, 1.165) is 33.0 Å². The van der Waals surface area contributed by atoms with E-state index in [1.54, 1.807) is 0 Å². The van der Waals surface area contributed by atoms with Gasteiger partial charge < -0.3 is 0 Å². The highest BCUT2D eigenvalue weighted by atomic mass is 35.5. The first kappa shape index (κ1) is 14.9. The maximum absolute atomic E-state index is 6.03. The van der Waals surface area contributed by atoms with E-state index in [9.17, 15) is 0 Å². The van der Waals surface area contributed by atoms with Gasteiger partial charge in [-0.15, -0.1) is 5.01 Å². The standard InChI is InChI=1S/C18H21ClN4/c1-12-11-16-21-17(13-7-9-14(19)10-8-13)18(23(16)22-12)20-15-5-3-2-4-6-15/h7-11,15,17,22H,2-6H2,1H3/p+1. The predicted octanol–water partition coefficient (Wildman–Crippen LogP) is 2.83. The molecule has 23 heavy (non-hydrogen) atoms. The zero-order valence-electron chi connectivity index (χ0n) is 13.3. The number of fused-ring (bicyclic) bond motifs is 1. The van der Waals surface area contributed by atoms with Crippen molar-refractivity contribution in [2.45, 2.75) is 51.1 Å². The van der Waals surface area contributed by atoms with E-state index in [1.165, 1.54) is 32.1 Å². The highest BCUT2D eigenvalue weighted by molar-refractivity contribution is 6.30. The van der Waals surface area contributed by atoms with Crippen molar-refractivity contribution in [2.24, 2.45) is 9.98 Å². The molecule has 0 bridgehead atoms. The van der Waals surface area contributed by atoms with Crippen LogP contribution in [0, 0.1) is 0 Å². The number of hydrogen-bond donors (Lipinski definition) is 2. The van der Waals surface area contributed by atoms with Gasteiger partial charge in [0.15, 0.2) is 6.04 Å². The average molecular weight is 330 g/mol. The molecule has 1 aliphatic carbocycles. The van der Waals surface area contributed by atoms with Crippen LogP contribution in [0.1, 0.15) is 50.6 Å². The fourth-order valence-corrected chi connectivity index (χ4v) is 3.75. The van der Waals surface area contributed by atoms with Crippen LogP contribution < -0.4 is 10.4 Å². The summed E-state index contributed by atoms with van der Waals surface area (Å²) in [5, 5.41) is 1.86. The fourth-order valence-electron chi connectivity index (χ4n) is 3.63. The van der Waals surface area contributed by atoms with Gasteiger partial charge in [-0.2, -0.15) is 0 Å². The molecule has 2 atom stereocenters. The van der Waals surface area contributed by atoms with Crippen LogP contribution >= 0.6 is 11.6 Å². The second kappa shape index (κ2) is 6.10. The molecule has 2 aliphatic heterocycles. The molecule has 1 saturated carbocycles. The Bertz CT molecular complexity index is 683. The van der Waals surface area contributed by atoms with Gasteiger partial charge in [-0.25, -0.2) is 15.4 Å². The third kappa shape index (κ3) is 2.93. The minimum atomic E-state index is -0.00366. The zero-order valence-corrected chi connectivity index (χ0v) is 14.1. The van der Waals surface area contributed by atoms with Crippen LogP contribution in [-0.2, 0) is 0 Å². The molecule has 0 aromatic heterocycles. The summed E-state index contributed by atoms with van der Waals surface area (Å²) in [6.45, 7) is 2.07. The lowest BCUT2D eigenvalue weighted by Gasteiger charge is -2.20. The first-order valence-corrected chi connectivity index (χ1v) is 8.82. The zero-order chi connectivity index (χ0) is 15.8. The monoisotopic (exact) mass is 329 g/mol. The third-order valence-electron chi connectivity index (χ3n) is 4.80. The molecule has 0 saturated heterocycles. The molecule has 1 aromatic rings. The molecule has 3 aliphatic rings. The summed E-state index contributed by atoms with van der Waals surface area (Å²) < 4.78 is 0. The number of rotatable bonds is 2. The molecule has 2 N–H and O–H groups in total. The highest BCUT2D eigenvalue weighted by Gasteiger charge is 2.42. The van der Waals surface area contributed by atoms with Crippen molar-refractivity contribution in [3.8, 4) is 0 Å². The number of quaternary nitrogens is 1. The van der Waals surface area contributed by atoms with Crippen LogP contribution in [0.4, 0.5) is 0 Å². The summed E-state index contributed by atoms with van der Waals surface area (Å²) in [4.78, 5) is 10.0. The Morgan fingerprint density at radius 1 is 1.17 bits per heavy atom. The van der Waals surface area contributed by atoms with Crippen molar-refractivity contribution in [1.29, 1.82) is 0 Å². The van der Waals surface area contributed by atoms with E-state index < -0.39 is 0 Å². The maximum atomic E-state index is 6.03. The molecule has 1 aromatic carbocycles. The molecular formula is C18H22ClN4+. The molecule has 4 nitrogen and oxygen atoms in total. The fraction of sp³-hybridized carbons (Fsp3) is 0.444.